The van der Waals surface area contributed by atoms with Crippen LogP contribution in [0.25, 0.3) is 11.1 Å². The van der Waals surface area contributed by atoms with Crippen LogP contribution in [-0.2, 0) is 19.1 Å². The lowest BCUT2D eigenvalue weighted by atomic mass is 9.98. The van der Waals surface area contributed by atoms with Crippen LogP contribution >= 0.6 is 0 Å². The van der Waals surface area contributed by atoms with Crippen LogP contribution in [0.15, 0.2) is 48.5 Å². The van der Waals surface area contributed by atoms with Crippen LogP contribution < -0.4 is 5.32 Å². The maximum absolute atomic E-state index is 12.9. The lowest BCUT2D eigenvalue weighted by molar-refractivity contribution is -0.145. The second-order valence-corrected chi connectivity index (χ2v) is 9.25. The van der Waals surface area contributed by atoms with E-state index >= 15 is 0 Å². The second-order valence-electron chi connectivity index (χ2n) is 9.25. The van der Waals surface area contributed by atoms with E-state index in [1.807, 2.05) is 38.1 Å². The summed E-state index contributed by atoms with van der Waals surface area (Å²) >= 11 is 0. The molecule has 3 unspecified atom stereocenters. The monoisotopic (exact) mass is 480 g/mol. The van der Waals surface area contributed by atoms with E-state index in [1.165, 1.54) is 11.1 Å². The number of carbonyl (C=O) groups excluding carboxylic acids is 2. The number of fused-ring (bicyclic) bond motifs is 3. The molecule has 2 aromatic rings. The number of carboxylic acids is 1. The normalized spacial score (nSPS) is 19.5. The van der Waals surface area contributed by atoms with Gasteiger partial charge in [-0.3, -0.25) is 9.59 Å². The van der Waals surface area contributed by atoms with Gasteiger partial charge in [0.05, 0.1) is 19.3 Å². The molecule has 0 bridgehead atoms. The number of hydrogen-bond donors (Lipinski definition) is 2. The predicted octanol–water partition coefficient (Wildman–Crippen LogP) is 3.50. The second kappa shape index (κ2) is 10.9. The number of benzene rings is 2. The van der Waals surface area contributed by atoms with Crippen molar-refractivity contribution in [1.82, 2.24) is 10.2 Å². The van der Waals surface area contributed by atoms with Crippen molar-refractivity contribution in [2.45, 2.75) is 32.2 Å². The summed E-state index contributed by atoms with van der Waals surface area (Å²) in [5.74, 6) is -1.96. The Morgan fingerprint density at radius 3 is 2.31 bits per heavy atom. The van der Waals surface area contributed by atoms with Crippen LogP contribution in [0.4, 0.5) is 4.79 Å². The zero-order chi connectivity index (χ0) is 24.9. The number of alkyl carbamates (subject to hydrolysis) is 1. The number of amides is 2. The predicted molar refractivity (Wildman–Crippen MR) is 130 cm³/mol. The Bertz CT molecular complexity index is 1040. The lowest BCUT2D eigenvalue weighted by Crippen LogP contribution is -2.47. The van der Waals surface area contributed by atoms with Crippen LogP contribution in [0.2, 0.25) is 0 Å². The highest BCUT2D eigenvalue weighted by molar-refractivity contribution is 5.80. The number of hydrogen-bond acceptors (Lipinski definition) is 5. The zero-order valence-corrected chi connectivity index (χ0v) is 20.1. The minimum absolute atomic E-state index is 0.0129. The summed E-state index contributed by atoms with van der Waals surface area (Å²) in [6.07, 6.45) is -0.325. The zero-order valence-electron chi connectivity index (χ0n) is 20.1. The van der Waals surface area contributed by atoms with E-state index in [2.05, 4.69) is 29.6 Å². The third-order valence-corrected chi connectivity index (χ3v) is 6.89. The van der Waals surface area contributed by atoms with Crippen molar-refractivity contribution < 1.29 is 29.0 Å². The van der Waals surface area contributed by atoms with E-state index in [1.54, 1.807) is 4.90 Å². The standard InChI is InChI=1S/C27H32N2O6/c1-3-29(24-16-34-14-23(24)26(31)32)25(30)12-17(2)13-28-27(33)35-15-22-20-10-6-4-8-18(20)19-9-5-7-11-21(19)22/h4-11,17,22-24H,3,12-16H2,1-2H3,(H,28,33)(H,31,32). The molecule has 2 amide bonds. The quantitative estimate of drug-likeness (QED) is 0.569. The molecule has 35 heavy (non-hydrogen) atoms. The van der Waals surface area contributed by atoms with Crippen molar-refractivity contribution in [3.05, 3.63) is 59.7 Å². The molecule has 0 saturated carbocycles. The minimum atomic E-state index is -0.955. The maximum Gasteiger partial charge on any atom is 0.407 e. The van der Waals surface area contributed by atoms with E-state index in [4.69, 9.17) is 9.47 Å². The van der Waals surface area contributed by atoms with Crippen LogP contribution in [0.5, 0.6) is 0 Å². The van der Waals surface area contributed by atoms with Gasteiger partial charge in [0.25, 0.3) is 0 Å². The first-order chi connectivity index (χ1) is 16.9. The molecule has 186 valence electrons. The van der Waals surface area contributed by atoms with Gasteiger partial charge in [-0.1, -0.05) is 55.5 Å². The molecule has 1 saturated heterocycles. The van der Waals surface area contributed by atoms with E-state index in [0.29, 0.717) is 6.54 Å². The molecule has 8 heteroatoms. The van der Waals surface area contributed by atoms with Crippen LogP contribution in [-0.4, -0.2) is 66.9 Å². The molecular formula is C27H32N2O6. The number of aliphatic carboxylic acids is 1. The van der Waals surface area contributed by atoms with Crippen LogP contribution in [0.1, 0.15) is 37.3 Å². The van der Waals surface area contributed by atoms with Gasteiger partial charge in [0.2, 0.25) is 5.91 Å². The van der Waals surface area contributed by atoms with Gasteiger partial charge in [-0.05, 0) is 35.1 Å². The number of nitrogens with one attached hydrogen (secondary N) is 1. The highest BCUT2D eigenvalue weighted by Gasteiger charge is 2.39. The number of carboxylic acid groups (broad SMARTS) is 1. The van der Waals surface area contributed by atoms with Gasteiger partial charge in [-0.25, -0.2) is 4.79 Å². The Balaban J connectivity index is 1.27. The van der Waals surface area contributed by atoms with Crippen molar-refractivity contribution >= 4 is 18.0 Å². The molecule has 0 spiro atoms. The van der Waals surface area contributed by atoms with Crippen molar-refractivity contribution in [1.29, 1.82) is 0 Å². The van der Waals surface area contributed by atoms with E-state index in [-0.39, 0.29) is 50.5 Å². The maximum atomic E-state index is 12.9. The van der Waals surface area contributed by atoms with Gasteiger partial charge in [-0.15, -0.1) is 0 Å². The summed E-state index contributed by atoms with van der Waals surface area (Å²) in [5.41, 5.74) is 4.64. The molecule has 1 fully saturated rings. The van der Waals surface area contributed by atoms with Crippen LogP contribution in [0, 0.1) is 11.8 Å². The molecule has 2 N–H and O–H groups in total. The summed E-state index contributed by atoms with van der Waals surface area (Å²) in [7, 11) is 0. The first-order valence-electron chi connectivity index (χ1n) is 12.1. The molecule has 4 rings (SSSR count). The van der Waals surface area contributed by atoms with E-state index < -0.39 is 24.0 Å². The Hall–Kier alpha value is -3.39. The topological polar surface area (TPSA) is 105 Å². The van der Waals surface area contributed by atoms with Crippen molar-refractivity contribution in [2.75, 3.05) is 32.9 Å². The average Bonchev–Trinajstić information content (AvgIpc) is 3.45. The summed E-state index contributed by atoms with van der Waals surface area (Å²) < 4.78 is 10.9. The van der Waals surface area contributed by atoms with Crippen molar-refractivity contribution in [3.8, 4) is 11.1 Å². The minimum Gasteiger partial charge on any atom is -0.481 e. The van der Waals surface area contributed by atoms with Crippen molar-refractivity contribution in [3.63, 3.8) is 0 Å². The van der Waals surface area contributed by atoms with Gasteiger partial charge in [0.15, 0.2) is 0 Å². The first-order valence-corrected chi connectivity index (χ1v) is 12.1. The SMILES string of the molecule is CCN(C(=O)CC(C)CNC(=O)OCC1c2ccccc2-c2ccccc21)C1COCC1C(=O)O. The molecule has 8 nitrogen and oxygen atoms in total. The smallest absolute Gasteiger partial charge is 0.407 e. The molecule has 1 heterocycles. The lowest BCUT2D eigenvalue weighted by Gasteiger charge is -2.30. The van der Waals surface area contributed by atoms with Gasteiger partial charge < -0.3 is 24.8 Å². The van der Waals surface area contributed by atoms with Crippen molar-refractivity contribution in [2.24, 2.45) is 11.8 Å². The molecule has 2 aliphatic rings. The molecule has 1 aliphatic carbocycles. The van der Waals surface area contributed by atoms with Gasteiger partial charge in [0, 0.05) is 25.4 Å². The van der Waals surface area contributed by atoms with Gasteiger partial charge in [-0.2, -0.15) is 0 Å². The summed E-state index contributed by atoms with van der Waals surface area (Å²) in [6.45, 7) is 4.96. The number of likely N-dealkylation sites (N-methyl/N-ethyl adjacent to an activating group) is 1. The molecular weight excluding hydrogens is 448 g/mol. The van der Waals surface area contributed by atoms with E-state index in [9.17, 15) is 19.5 Å². The third-order valence-electron chi connectivity index (χ3n) is 6.89. The molecule has 2 aromatic carbocycles. The highest BCUT2D eigenvalue weighted by atomic mass is 16.5. The number of rotatable bonds is 9. The Kier molecular flexibility index (Phi) is 7.70. The Labute approximate surface area is 205 Å². The summed E-state index contributed by atoms with van der Waals surface area (Å²) in [4.78, 5) is 38.3. The van der Waals surface area contributed by atoms with Gasteiger partial charge >= 0.3 is 12.1 Å². The molecule has 3 atom stereocenters. The number of ether oxygens (including phenoxy) is 2. The Morgan fingerprint density at radius 2 is 1.71 bits per heavy atom. The van der Waals surface area contributed by atoms with Crippen LogP contribution in [0.3, 0.4) is 0 Å². The highest BCUT2D eigenvalue weighted by Crippen LogP contribution is 2.44. The third kappa shape index (κ3) is 5.32. The van der Waals surface area contributed by atoms with E-state index in [0.717, 1.165) is 11.1 Å². The van der Waals surface area contributed by atoms with Gasteiger partial charge in [0.1, 0.15) is 12.5 Å². The Morgan fingerprint density at radius 1 is 1.09 bits per heavy atom. The fourth-order valence-electron chi connectivity index (χ4n) is 5.08. The average molecular weight is 481 g/mol. The molecule has 0 radical (unpaired) electrons. The fraction of sp³-hybridized carbons (Fsp3) is 0.444. The first kappa shape index (κ1) is 24.7. The largest absolute Gasteiger partial charge is 0.481 e. The molecule has 0 aromatic heterocycles. The number of carbonyl (C=O) groups is 3. The molecule has 1 aliphatic heterocycles. The summed E-state index contributed by atoms with van der Waals surface area (Å²) in [6, 6.07) is 15.8. The summed E-state index contributed by atoms with van der Waals surface area (Å²) in [5, 5.41) is 12.2. The number of nitrogens with zero attached hydrogens (tertiary/aromatic N) is 1. The fourth-order valence-corrected chi connectivity index (χ4v) is 5.08.